The molecular formula is C23H32O3. The molecule has 3 heteroatoms. The molecule has 26 heavy (non-hydrogen) atoms. The third-order valence-corrected chi connectivity index (χ3v) is 4.74. The Hall–Kier alpha value is -1.84. The standard InChI is InChI=1S/C23H32O3/c1-17(2)8-7-9-18(3)14-15-26-22-13-12-20(16-21(22)23(24)25)19-10-5-4-6-11-19/h4-6,10-13,16-18,23-25H,7-9,14-15H2,1-3H3. The van der Waals surface area contributed by atoms with Gasteiger partial charge in [0.05, 0.1) is 6.61 Å². The first-order chi connectivity index (χ1) is 12.5. The minimum absolute atomic E-state index is 0.416. The van der Waals surface area contributed by atoms with Crippen molar-refractivity contribution in [1.29, 1.82) is 0 Å². The predicted octanol–water partition coefficient (Wildman–Crippen LogP) is 5.57. The van der Waals surface area contributed by atoms with E-state index in [1.807, 2.05) is 42.5 Å². The molecule has 0 heterocycles. The molecule has 142 valence electrons. The van der Waals surface area contributed by atoms with E-state index in [4.69, 9.17) is 4.74 Å². The summed E-state index contributed by atoms with van der Waals surface area (Å²) in [4.78, 5) is 0. The zero-order valence-electron chi connectivity index (χ0n) is 16.2. The Kier molecular flexibility index (Phi) is 8.14. The van der Waals surface area contributed by atoms with Crippen molar-refractivity contribution in [3.63, 3.8) is 0 Å². The minimum atomic E-state index is -1.54. The smallest absolute Gasteiger partial charge is 0.182 e. The zero-order chi connectivity index (χ0) is 18.9. The van der Waals surface area contributed by atoms with Gasteiger partial charge in [0.25, 0.3) is 0 Å². The van der Waals surface area contributed by atoms with Gasteiger partial charge in [0.15, 0.2) is 6.29 Å². The first kappa shape index (κ1) is 20.5. The van der Waals surface area contributed by atoms with Gasteiger partial charge in [0.1, 0.15) is 5.75 Å². The van der Waals surface area contributed by atoms with Crippen molar-refractivity contribution in [2.45, 2.75) is 52.7 Å². The summed E-state index contributed by atoms with van der Waals surface area (Å²) in [6.45, 7) is 7.36. The summed E-state index contributed by atoms with van der Waals surface area (Å²) in [5.41, 5.74) is 2.40. The van der Waals surface area contributed by atoms with Crippen LogP contribution in [0.4, 0.5) is 0 Å². The van der Waals surface area contributed by atoms with Crippen LogP contribution >= 0.6 is 0 Å². The fourth-order valence-corrected chi connectivity index (χ4v) is 3.08. The summed E-state index contributed by atoms with van der Waals surface area (Å²) in [6.07, 6.45) is 3.17. The molecule has 0 aromatic heterocycles. The Bertz CT molecular complexity index is 650. The van der Waals surface area contributed by atoms with Crippen LogP contribution in [0.1, 0.15) is 58.3 Å². The fraction of sp³-hybridized carbons (Fsp3) is 0.478. The van der Waals surface area contributed by atoms with Gasteiger partial charge >= 0.3 is 0 Å². The van der Waals surface area contributed by atoms with E-state index in [1.165, 1.54) is 19.3 Å². The van der Waals surface area contributed by atoms with Crippen LogP contribution in [-0.2, 0) is 0 Å². The number of rotatable bonds is 10. The first-order valence-electron chi connectivity index (χ1n) is 9.65. The highest BCUT2D eigenvalue weighted by molar-refractivity contribution is 5.65. The largest absolute Gasteiger partial charge is 0.493 e. The highest BCUT2D eigenvalue weighted by Crippen LogP contribution is 2.30. The quantitative estimate of drug-likeness (QED) is 0.547. The summed E-state index contributed by atoms with van der Waals surface area (Å²) in [5.74, 6) is 1.92. The fourth-order valence-electron chi connectivity index (χ4n) is 3.08. The van der Waals surface area contributed by atoms with Crippen LogP contribution in [0, 0.1) is 11.8 Å². The third-order valence-electron chi connectivity index (χ3n) is 4.74. The normalized spacial score (nSPS) is 12.6. The molecule has 0 amide bonds. The monoisotopic (exact) mass is 356 g/mol. The maximum atomic E-state index is 9.73. The lowest BCUT2D eigenvalue weighted by molar-refractivity contribution is -0.0442. The van der Waals surface area contributed by atoms with Gasteiger partial charge in [-0.05, 0) is 41.5 Å². The molecule has 2 rings (SSSR count). The molecule has 0 bridgehead atoms. The molecule has 1 unspecified atom stereocenters. The second kappa shape index (κ2) is 10.3. The average Bonchev–Trinajstić information content (AvgIpc) is 2.62. The Morgan fingerprint density at radius 3 is 2.23 bits per heavy atom. The second-order valence-electron chi connectivity index (χ2n) is 7.56. The van der Waals surface area contributed by atoms with Crippen molar-refractivity contribution >= 4 is 0 Å². The van der Waals surface area contributed by atoms with E-state index < -0.39 is 6.29 Å². The highest BCUT2D eigenvalue weighted by Gasteiger charge is 2.13. The van der Waals surface area contributed by atoms with Crippen LogP contribution in [0.25, 0.3) is 11.1 Å². The van der Waals surface area contributed by atoms with Crippen molar-refractivity contribution in [3.8, 4) is 16.9 Å². The number of hydrogen-bond acceptors (Lipinski definition) is 3. The lowest BCUT2D eigenvalue weighted by Crippen LogP contribution is -2.07. The summed E-state index contributed by atoms with van der Waals surface area (Å²) >= 11 is 0. The molecule has 2 aromatic carbocycles. The van der Waals surface area contributed by atoms with Gasteiger partial charge in [-0.1, -0.05) is 76.4 Å². The number of aliphatic hydroxyl groups excluding tert-OH is 1. The molecule has 0 saturated heterocycles. The molecular weight excluding hydrogens is 324 g/mol. The molecule has 3 nitrogen and oxygen atoms in total. The van der Waals surface area contributed by atoms with E-state index in [9.17, 15) is 10.2 Å². The molecule has 0 aliphatic heterocycles. The highest BCUT2D eigenvalue weighted by atomic mass is 16.5. The Labute approximate surface area is 157 Å². The molecule has 0 radical (unpaired) electrons. The Morgan fingerprint density at radius 2 is 1.58 bits per heavy atom. The first-order valence-corrected chi connectivity index (χ1v) is 9.65. The van der Waals surface area contributed by atoms with E-state index >= 15 is 0 Å². The topological polar surface area (TPSA) is 49.7 Å². The number of ether oxygens (including phenoxy) is 1. The molecule has 2 aromatic rings. The molecule has 0 fully saturated rings. The van der Waals surface area contributed by atoms with Crippen LogP contribution < -0.4 is 4.74 Å². The number of benzene rings is 2. The van der Waals surface area contributed by atoms with Gasteiger partial charge in [-0.3, -0.25) is 0 Å². The minimum Gasteiger partial charge on any atom is -0.493 e. The molecule has 2 N–H and O–H groups in total. The summed E-state index contributed by atoms with van der Waals surface area (Å²) in [5, 5.41) is 19.5. The van der Waals surface area contributed by atoms with Gasteiger partial charge in [-0.25, -0.2) is 0 Å². The van der Waals surface area contributed by atoms with Gasteiger partial charge in [-0.15, -0.1) is 0 Å². The molecule has 0 aliphatic carbocycles. The Morgan fingerprint density at radius 1 is 0.846 bits per heavy atom. The zero-order valence-corrected chi connectivity index (χ0v) is 16.2. The van der Waals surface area contributed by atoms with Gasteiger partial charge in [0, 0.05) is 5.56 Å². The van der Waals surface area contributed by atoms with Crippen LogP contribution in [0.5, 0.6) is 5.75 Å². The summed E-state index contributed by atoms with van der Waals surface area (Å²) in [6, 6.07) is 15.5. The maximum absolute atomic E-state index is 9.73. The third kappa shape index (κ3) is 6.47. The second-order valence-corrected chi connectivity index (χ2v) is 7.56. The number of aliphatic hydroxyl groups is 2. The summed E-state index contributed by atoms with van der Waals surface area (Å²) < 4.78 is 5.87. The summed E-state index contributed by atoms with van der Waals surface area (Å²) in [7, 11) is 0. The van der Waals surface area contributed by atoms with Crippen LogP contribution in [0.3, 0.4) is 0 Å². The van der Waals surface area contributed by atoms with Crippen LogP contribution in [0.2, 0.25) is 0 Å². The van der Waals surface area contributed by atoms with E-state index in [1.54, 1.807) is 6.07 Å². The molecule has 1 atom stereocenters. The van der Waals surface area contributed by atoms with Crippen LogP contribution in [-0.4, -0.2) is 16.8 Å². The maximum Gasteiger partial charge on any atom is 0.182 e. The lowest BCUT2D eigenvalue weighted by atomic mass is 9.97. The van der Waals surface area contributed by atoms with Gasteiger partial charge in [0.2, 0.25) is 0 Å². The van der Waals surface area contributed by atoms with Crippen molar-refractivity contribution in [3.05, 3.63) is 54.1 Å². The number of hydrogen-bond donors (Lipinski definition) is 2. The van der Waals surface area contributed by atoms with Crippen molar-refractivity contribution in [2.75, 3.05) is 6.61 Å². The van der Waals surface area contributed by atoms with Crippen molar-refractivity contribution in [2.24, 2.45) is 11.8 Å². The van der Waals surface area contributed by atoms with Crippen molar-refractivity contribution in [1.82, 2.24) is 0 Å². The molecule has 0 saturated carbocycles. The van der Waals surface area contributed by atoms with E-state index in [2.05, 4.69) is 20.8 Å². The van der Waals surface area contributed by atoms with E-state index in [-0.39, 0.29) is 0 Å². The van der Waals surface area contributed by atoms with Gasteiger partial charge in [-0.2, -0.15) is 0 Å². The van der Waals surface area contributed by atoms with Gasteiger partial charge < -0.3 is 14.9 Å². The lowest BCUT2D eigenvalue weighted by Gasteiger charge is -2.17. The van der Waals surface area contributed by atoms with Crippen LogP contribution in [0.15, 0.2) is 48.5 Å². The average molecular weight is 357 g/mol. The Balaban J connectivity index is 1.94. The van der Waals surface area contributed by atoms with E-state index in [0.29, 0.717) is 23.8 Å². The molecule has 0 spiro atoms. The predicted molar refractivity (Wildman–Crippen MR) is 107 cm³/mol. The van der Waals surface area contributed by atoms with E-state index in [0.717, 1.165) is 23.5 Å². The van der Waals surface area contributed by atoms with Crippen molar-refractivity contribution < 1.29 is 14.9 Å². The molecule has 0 aliphatic rings. The SMILES string of the molecule is CC(C)CCCC(C)CCOc1ccc(-c2ccccc2)cc1C(O)O.